The molecule has 1 aliphatic heterocycles. The molecule has 8 nitrogen and oxygen atoms in total. The van der Waals surface area contributed by atoms with Gasteiger partial charge in [0.15, 0.2) is 0 Å². The Kier molecular flexibility index (Phi) is 14.7. The molecule has 4 atom stereocenters. The topological polar surface area (TPSA) is 114 Å². The quantitative estimate of drug-likeness (QED) is 0.269. The van der Waals surface area contributed by atoms with E-state index in [1.54, 1.807) is 0 Å². The van der Waals surface area contributed by atoms with Gasteiger partial charge in [-0.2, -0.15) is 0 Å². The van der Waals surface area contributed by atoms with Gasteiger partial charge in [0.25, 0.3) is 0 Å². The summed E-state index contributed by atoms with van der Waals surface area (Å²) in [4.78, 5) is 52.7. The van der Waals surface area contributed by atoms with Crippen molar-refractivity contribution < 1.29 is 23.9 Å². The number of hydrogen-bond acceptors (Lipinski definition) is 5. The molecule has 0 aromatic carbocycles. The minimum Gasteiger partial charge on any atom is -0.460 e. The smallest absolute Gasteiger partial charge is 0.328 e. The summed E-state index contributed by atoms with van der Waals surface area (Å²) < 4.78 is 5.84. The summed E-state index contributed by atoms with van der Waals surface area (Å²) in [5.41, 5.74) is 0. The second-order valence-electron chi connectivity index (χ2n) is 11.6. The van der Waals surface area contributed by atoms with E-state index in [1.165, 1.54) is 0 Å². The highest BCUT2D eigenvalue weighted by atomic mass is 16.5. The Bertz CT molecular complexity index is 707. The van der Waals surface area contributed by atoms with Crippen molar-refractivity contribution in [3.05, 3.63) is 0 Å². The van der Waals surface area contributed by atoms with Crippen LogP contribution in [0.4, 0.5) is 0 Å². The molecule has 208 valence electrons. The summed E-state index contributed by atoms with van der Waals surface area (Å²) in [7, 11) is 0. The Balaban J connectivity index is 3.24. The minimum absolute atomic E-state index is 0.000833. The minimum atomic E-state index is -0.832. The maximum atomic E-state index is 13.3. The second-order valence-corrected chi connectivity index (χ2v) is 11.6. The molecule has 1 heterocycles. The highest BCUT2D eigenvalue weighted by Crippen LogP contribution is 2.17. The number of ether oxygens (including phenoxy) is 1. The number of carbonyl (C=O) groups is 4. The zero-order valence-electron chi connectivity index (χ0n) is 23.7. The van der Waals surface area contributed by atoms with E-state index in [4.69, 9.17) is 4.74 Å². The molecule has 0 aromatic rings. The molecule has 0 unspecified atom stereocenters. The van der Waals surface area contributed by atoms with Crippen molar-refractivity contribution in [1.82, 2.24) is 16.0 Å². The molecular formula is C28H51N3O5. The van der Waals surface area contributed by atoms with Gasteiger partial charge in [-0.05, 0) is 49.9 Å². The van der Waals surface area contributed by atoms with Crippen LogP contribution in [0.15, 0.2) is 0 Å². The van der Waals surface area contributed by atoms with Crippen molar-refractivity contribution in [2.24, 2.45) is 17.8 Å². The van der Waals surface area contributed by atoms with Gasteiger partial charge >= 0.3 is 5.97 Å². The van der Waals surface area contributed by atoms with Crippen LogP contribution in [0.1, 0.15) is 113 Å². The fraction of sp³-hybridized carbons (Fsp3) is 0.857. The Labute approximate surface area is 218 Å². The largest absolute Gasteiger partial charge is 0.460 e. The van der Waals surface area contributed by atoms with Crippen molar-refractivity contribution in [3.8, 4) is 0 Å². The predicted octanol–water partition coefficient (Wildman–Crippen LogP) is 4.26. The van der Waals surface area contributed by atoms with Crippen LogP contribution in [0, 0.1) is 17.8 Å². The molecular weight excluding hydrogens is 458 g/mol. The molecule has 1 aliphatic rings. The van der Waals surface area contributed by atoms with E-state index in [2.05, 4.69) is 22.9 Å². The molecule has 36 heavy (non-hydrogen) atoms. The third-order valence-corrected chi connectivity index (χ3v) is 6.33. The second kappa shape index (κ2) is 16.6. The average Bonchev–Trinajstić information content (AvgIpc) is 2.76. The molecule has 3 amide bonds. The molecule has 8 heteroatoms. The molecule has 0 spiro atoms. The summed E-state index contributed by atoms with van der Waals surface area (Å²) in [5, 5.41) is 8.55. The van der Waals surface area contributed by atoms with E-state index in [-0.39, 0.29) is 36.0 Å². The van der Waals surface area contributed by atoms with Crippen LogP contribution in [0.3, 0.4) is 0 Å². The third-order valence-electron chi connectivity index (χ3n) is 6.33. The first kappa shape index (κ1) is 31.9. The number of nitrogens with one attached hydrogen (secondary N) is 3. The van der Waals surface area contributed by atoms with Crippen LogP contribution < -0.4 is 16.0 Å². The van der Waals surface area contributed by atoms with Gasteiger partial charge in [-0.3, -0.25) is 14.4 Å². The fourth-order valence-electron chi connectivity index (χ4n) is 4.52. The number of hydrogen-bond donors (Lipinski definition) is 3. The maximum Gasteiger partial charge on any atom is 0.328 e. The molecule has 0 aromatic heterocycles. The molecule has 0 saturated carbocycles. The number of carbonyl (C=O) groups excluding carboxylic acids is 4. The van der Waals surface area contributed by atoms with Gasteiger partial charge in [0.2, 0.25) is 17.7 Å². The zero-order chi connectivity index (χ0) is 27.3. The van der Waals surface area contributed by atoms with Crippen LogP contribution in [-0.2, 0) is 23.9 Å². The van der Waals surface area contributed by atoms with E-state index in [0.29, 0.717) is 25.7 Å². The normalized spacial score (nSPS) is 24.5. The number of unbranched alkanes of at least 4 members (excludes halogenated alkanes) is 4. The van der Waals surface area contributed by atoms with Crippen molar-refractivity contribution in [2.45, 2.75) is 137 Å². The Morgan fingerprint density at radius 2 is 1.17 bits per heavy atom. The predicted molar refractivity (Wildman–Crippen MR) is 142 cm³/mol. The summed E-state index contributed by atoms with van der Waals surface area (Å²) in [6.45, 7) is 14.0. The van der Waals surface area contributed by atoms with Crippen molar-refractivity contribution in [2.75, 3.05) is 0 Å². The van der Waals surface area contributed by atoms with Gasteiger partial charge in [-0.15, -0.1) is 0 Å². The zero-order valence-corrected chi connectivity index (χ0v) is 23.7. The van der Waals surface area contributed by atoms with Crippen LogP contribution in [0.2, 0.25) is 0 Å². The summed E-state index contributed by atoms with van der Waals surface area (Å²) in [5.74, 6) is -1.16. The van der Waals surface area contributed by atoms with Crippen LogP contribution >= 0.6 is 0 Å². The molecule has 3 N–H and O–H groups in total. The Morgan fingerprint density at radius 1 is 0.694 bits per heavy atom. The lowest BCUT2D eigenvalue weighted by molar-refractivity contribution is -0.155. The van der Waals surface area contributed by atoms with E-state index < -0.39 is 36.1 Å². The SMILES string of the molecule is CCCCCCC[C@H]1CC(=O)N[C@H](CC(C)C)C(=O)N[C@@H](CC(C)C)C(=O)N[C@@H](CC(C)C)C(=O)O1. The first-order valence-corrected chi connectivity index (χ1v) is 14.0. The number of amides is 3. The average molecular weight is 510 g/mol. The highest BCUT2D eigenvalue weighted by Gasteiger charge is 2.33. The number of esters is 1. The van der Waals surface area contributed by atoms with E-state index in [9.17, 15) is 19.2 Å². The molecule has 0 aliphatic carbocycles. The molecule has 1 saturated heterocycles. The lowest BCUT2D eigenvalue weighted by atomic mass is 9.99. The van der Waals surface area contributed by atoms with Gasteiger partial charge in [0.1, 0.15) is 24.2 Å². The van der Waals surface area contributed by atoms with E-state index >= 15 is 0 Å². The molecule has 1 fully saturated rings. The van der Waals surface area contributed by atoms with Crippen LogP contribution in [-0.4, -0.2) is 47.9 Å². The van der Waals surface area contributed by atoms with Crippen LogP contribution in [0.5, 0.6) is 0 Å². The van der Waals surface area contributed by atoms with Gasteiger partial charge in [0, 0.05) is 0 Å². The monoisotopic (exact) mass is 509 g/mol. The van der Waals surface area contributed by atoms with Gasteiger partial charge in [0.05, 0.1) is 6.42 Å². The first-order valence-electron chi connectivity index (χ1n) is 14.0. The van der Waals surface area contributed by atoms with Gasteiger partial charge < -0.3 is 20.7 Å². The summed E-state index contributed by atoms with van der Waals surface area (Å²) in [6.07, 6.45) is 6.49. The molecule has 1 rings (SSSR count). The third kappa shape index (κ3) is 12.7. The fourth-order valence-corrected chi connectivity index (χ4v) is 4.52. The Hall–Kier alpha value is -2.12. The van der Waals surface area contributed by atoms with Crippen LogP contribution in [0.25, 0.3) is 0 Å². The number of rotatable bonds is 12. The summed E-state index contributed by atoms with van der Waals surface area (Å²) in [6, 6.07) is -2.39. The summed E-state index contributed by atoms with van der Waals surface area (Å²) >= 11 is 0. The van der Waals surface area contributed by atoms with Gasteiger partial charge in [-0.25, -0.2) is 4.79 Å². The van der Waals surface area contributed by atoms with Crippen molar-refractivity contribution >= 4 is 23.7 Å². The van der Waals surface area contributed by atoms with Gasteiger partial charge in [-0.1, -0.05) is 74.1 Å². The number of cyclic esters (lactones) is 1. The molecule has 0 bridgehead atoms. The van der Waals surface area contributed by atoms with E-state index in [0.717, 1.165) is 32.1 Å². The highest BCUT2D eigenvalue weighted by molar-refractivity contribution is 5.94. The lowest BCUT2D eigenvalue weighted by Crippen LogP contribution is -2.56. The Morgan fingerprint density at radius 3 is 1.69 bits per heavy atom. The maximum absolute atomic E-state index is 13.3. The van der Waals surface area contributed by atoms with Crippen molar-refractivity contribution in [1.29, 1.82) is 0 Å². The van der Waals surface area contributed by atoms with Crippen molar-refractivity contribution in [3.63, 3.8) is 0 Å². The van der Waals surface area contributed by atoms with E-state index in [1.807, 2.05) is 41.5 Å². The standard InChI is InChI=1S/C28H51N3O5/c1-8-9-10-11-12-13-21-17-25(32)29-22(14-18(2)3)26(33)30-23(15-19(4)5)27(34)31-24(16-20(6)7)28(35)36-21/h18-24H,8-17H2,1-7H3,(H,29,32)(H,30,33)(H,31,34)/t21-,22+,23-,24-/m0/s1. The lowest BCUT2D eigenvalue weighted by Gasteiger charge is -2.26. The first-order chi connectivity index (χ1) is 16.9. The molecule has 0 radical (unpaired) electrons.